The lowest BCUT2D eigenvalue weighted by molar-refractivity contribution is -0.122. The molecule has 2 aliphatic rings. The molecular weight excluding hydrogens is 512 g/mol. The fraction of sp³-hybridized carbons (Fsp3) is 0.290. The summed E-state index contributed by atoms with van der Waals surface area (Å²) in [5, 5.41) is 2.64. The van der Waals surface area contributed by atoms with E-state index < -0.39 is 18.5 Å². The van der Waals surface area contributed by atoms with Gasteiger partial charge in [0.25, 0.3) is 5.91 Å². The van der Waals surface area contributed by atoms with Gasteiger partial charge in [0.15, 0.2) is 6.61 Å². The number of benzene rings is 3. The summed E-state index contributed by atoms with van der Waals surface area (Å²) in [4.78, 5) is 53.1. The minimum absolute atomic E-state index is 0.127. The van der Waals surface area contributed by atoms with Crippen LogP contribution in [0.3, 0.4) is 0 Å². The van der Waals surface area contributed by atoms with E-state index in [1.807, 2.05) is 18.2 Å². The van der Waals surface area contributed by atoms with Crippen molar-refractivity contribution in [3.63, 3.8) is 0 Å². The van der Waals surface area contributed by atoms with Crippen LogP contribution in [0.2, 0.25) is 0 Å². The van der Waals surface area contributed by atoms with Crippen LogP contribution in [0.4, 0.5) is 11.4 Å². The van der Waals surface area contributed by atoms with Gasteiger partial charge in [-0.15, -0.1) is 0 Å². The summed E-state index contributed by atoms with van der Waals surface area (Å²) < 4.78 is 15.6. The van der Waals surface area contributed by atoms with Crippen LogP contribution in [0.5, 0.6) is 11.5 Å². The van der Waals surface area contributed by atoms with Crippen molar-refractivity contribution < 1.29 is 33.4 Å². The van der Waals surface area contributed by atoms with E-state index in [2.05, 4.69) is 17.4 Å². The molecule has 0 aromatic heterocycles. The largest absolute Gasteiger partial charge is 0.497 e. The lowest BCUT2D eigenvalue weighted by Gasteiger charge is -2.28. The summed E-state index contributed by atoms with van der Waals surface area (Å²) in [5.74, 6) is -1.39. The third-order valence-corrected chi connectivity index (χ3v) is 7.55. The lowest BCUT2D eigenvalue weighted by Crippen LogP contribution is -2.31. The molecule has 0 radical (unpaired) electrons. The van der Waals surface area contributed by atoms with Crippen LogP contribution in [0, 0.1) is 11.8 Å². The lowest BCUT2D eigenvalue weighted by atomic mass is 9.73. The van der Waals surface area contributed by atoms with Gasteiger partial charge in [-0.25, -0.2) is 4.79 Å². The average molecular weight is 543 g/mol. The van der Waals surface area contributed by atoms with Crippen LogP contribution >= 0.6 is 0 Å². The van der Waals surface area contributed by atoms with Crippen molar-refractivity contribution in [3.8, 4) is 11.5 Å². The molecule has 1 aliphatic carbocycles. The Kier molecular flexibility index (Phi) is 7.82. The Balaban J connectivity index is 1.24. The van der Waals surface area contributed by atoms with Gasteiger partial charge in [0.05, 0.1) is 43.0 Å². The molecule has 5 rings (SSSR count). The van der Waals surface area contributed by atoms with E-state index in [1.54, 1.807) is 30.3 Å². The average Bonchev–Trinajstić information content (AvgIpc) is 3.24. The summed E-state index contributed by atoms with van der Waals surface area (Å²) in [6.07, 6.45) is 2.10. The topological polar surface area (TPSA) is 111 Å². The number of hydrogen-bond donors (Lipinski definition) is 1. The molecule has 1 N–H and O–H groups in total. The number of ether oxygens (including phenoxy) is 3. The van der Waals surface area contributed by atoms with E-state index in [0.717, 1.165) is 6.42 Å². The zero-order valence-electron chi connectivity index (χ0n) is 22.3. The van der Waals surface area contributed by atoms with Gasteiger partial charge in [0.2, 0.25) is 11.8 Å². The molecule has 0 bridgehead atoms. The summed E-state index contributed by atoms with van der Waals surface area (Å²) in [7, 11) is 2.97. The van der Waals surface area contributed by atoms with E-state index in [-0.39, 0.29) is 35.1 Å². The fourth-order valence-corrected chi connectivity index (χ4v) is 5.55. The van der Waals surface area contributed by atoms with Gasteiger partial charge in [-0.2, -0.15) is 0 Å². The Hall–Kier alpha value is -4.66. The number of nitrogens with one attached hydrogen (secondary N) is 1. The number of amides is 3. The van der Waals surface area contributed by atoms with Crippen LogP contribution < -0.4 is 19.7 Å². The number of nitrogens with zero attached hydrogens (tertiary/aromatic N) is 1. The Labute approximate surface area is 232 Å². The van der Waals surface area contributed by atoms with Crippen molar-refractivity contribution >= 4 is 35.1 Å². The molecule has 3 aromatic rings. The van der Waals surface area contributed by atoms with Gasteiger partial charge < -0.3 is 19.5 Å². The summed E-state index contributed by atoms with van der Waals surface area (Å²) in [5.41, 5.74) is 1.99. The second-order valence-corrected chi connectivity index (χ2v) is 9.89. The third-order valence-electron chi connectivity index (χ3n) is 7.55. The van der Waals surface area contributed by atoms with Crippen molar-refractivity contribution in [1.82, 2.24) is 0 Å². The van der Waals surface area contributed by atoms with Crippen molar-refractivity contribution in [3.05, 3.63) is 83.9 Å². The van der Waals surface area contributed by atoms with Crippen molar-refractivity contribution in [2.45, 2.75) is 25.2 Å². The first-order valence-corrected chi connectivity index (χ1v) is 13.1. The van der Waals surface area contributed by atoms with Crippen LogP contribution in [0.15, 0.2) is 72.8 Å². The Morgan fingerprint density at radius 1 is 0.875 bits per heavy atom. The number of carbonyl (C=O) groups excluding carboxylic acids is 4. The number of esters is 1. The molecule has 206 valence electrons. The summed E-state index contributed by atoms with van der Waals surface area (Å²) in [6.45, 7) is -0.546. The number of imide groups is 1. The predicted molar refractivity (Wildman–Crippen MR) is 147 cm³/mol. The normalized spacial score (nSPS) is 20.1. The first-order chi connectivity index (χ1) is 19.4. The fourth-order valence-electron chi connectivity index (χ4n) is 5.55. The van der Waals surface area contributed by atoms with Gasteiger partial charge in [0.1, 0.15) is 11.5 Å². The molecule has 0 unspecified atom stereocenters. The SMILES string of the molecule is COc1ccc(OC)c(NC(=O)COC(=O)c2cccc(N3C(=O)[C@H]4C[C@H](c5ccccc5)CC[C@H]4C3=O)c2)c1. The Bertz CT molecular complexity index is 1440. The number of carbonyl (C=O) groups is 4. The Morgan fingerprint density at radius 3 is 2.40 bits per heavy atom. The molecule has 1 aliphatic heterocycles. The standard InChI is InChI=1S/C31H30N2O7/c1-38-23-12-14-27(39-2)26(17-23)32-28(34)18-40-31(37)21-9-6-10-22(15-21)33-29(35)24-13-11-20(16-25(24)30(33)36)19-7-4-3-5-8-19/h3-10,12,14-15,17,20,24-25H,11,13,16,18H2,1-2H3,(H,32,34)/t20-,24-,25+/m1/s1. The first kappa shape index (κ1) is 26.9. The van der Waals surface area contributed by atoms with Gasteiger partial charge in [0, 0.05) is 6.07 Å². The van der Waals surface area contributed by atoms with Crippen molar-refractivity contribution in [1.29, 1.82) is 0 Å². The maximum atomic E-state index is 13.4. The maximum absolute atomic E-state index is 13.4. The summed E-state index contributed by atoms with van der Waals surface area (Å²) >= 11 is 0. The highest BCUT2D eigenvalue weighted by Crippen LogP contribution is 2.45. The van der Waals surface area contributed by atoms with Crippen LogP contribution in [0.1, 0.15) is 41.1 Å². The molecule has 3 amide bonds. The molecule has 9 heteroatoms. The van der Waals surface area contributed by atoms with Crippen LogP contribution in [-0.2, 0) is 19.1 Å². The minimum atomic E-state index is -0.754. The van der Waals surface area contributed by atoms with E-state index in [9.17, 15) is 19.2 Å². The summed E-state index contributed by atoms with van der Waals surface area (Å²) in [6, 6.07) is 21.2. The van der Waals surface area contributed by atoms with Crippen LogP contribution in [-0.4, -0.2) is 44.5 Å². The molecular formula is C31H30N2O7. The predicted octanol–water partition coefficient (Wildman–Crippen LogP) is 4.57. The highest BCUT2D eigenvalue weighted by molar-refractivity contribution is 6.22. The Morgan fingerprint density at radius 2 is 1.65 bits per heavy atom. The number of hydrogen-bond acceptors (Lipinski definition) is 7. The van der Waals surface area contributed by atoms with Crippen LogP contribution in [0.25, 0.3) is 0 Å². The molecule has 3 aromatic carbocycles. The molecule has 3 atom stereocenters. The van der Waals surface area contributed by atoms with Crippen molar-refractivity contribution in [2.24, 2.45) is 11.8 Å². The van der Waals surface area contributed by atoms with Gasteiger partial charge in [-0.05, 0) is 61.1 Å². The molecule has 9 nitrogen and oxygen atoms in total. The van der Waals surface area contributed by atoms with Crippen molar-refractivity contribution in [2.75, 3.05) is 31.0 Å². The number of rotatable bonds is 8. The molecule has 40 heavy (non-hydrogen) atoms. The quantitative estimate of drug-likeness (QED) is 0.328. The van der Waals surface area contributed by atoms with E-state index in [0.29, 0.717) is 35.7 Å². The monoisotopic (exact) mass is 542 g/mol. The number of anilines is 2. The smallest absolute Gasteiger partial charge is 0.338 e. The second-order valence-electron chi connectivity index (χ2n) is 9.89. The zero-order valence-corrected chi connectivity index (χ0v) is 22.3. The minimum Gasteiger partial charge on any atom is -0.497 e. The van der Waals surface area contributed by atoms with E-state index in [1.165, 1.54) is 36.8 Å². The van der Waals surface area contributed by atoms with Gasteiger partial charge in [-0.3, -0.25) is 19.3 Å². The highest BCUT2D eigenvalue weighted by Gasteiger charge is 2.50. The number of fused-ring (bicyclic) bond motifs is 1. The van der Waals surface area contributed by atoms with E-state index in [4.69, 9.17) is 14.2 Å². The van der Waals surface area contributed by atoms with Gasteiger partial charge in [-0.1, -0.05) is 36.4 Å². The van der Waals surface area contributed by atoms with E-state index >= 15 is 0 Å². The molecule has 1 saturated heterocycles. The third kappa shape index (κ3) is 5.40. The zero-order chi connectivity index (χ0) is 28.2. The molecule has 2 fully saturated rings. The second kappa shape index (κ2) is 11.6. The molecule has 1 saturated carbocycles. The molecule has 1 heterocycles. The van der Waals surface area contributed by atoms with Gasteiger partial charge >= 0.3 is 5.97 Å². The number of methoxy groups -OCH3 is 2. The molecule has 0 spiro atoms. The highest BCUT2D eigenvalue weighted by atomic mass is 16.5. The first-order valence-electron chi connectivity index (χ1n) is 13.1. The maximum Gasteiger partial charge on any atom is 0.338 e.